The zero-order valence-corrected chi connectivity index (χ0v) is 18.8. The second-order valence-corrected chi connectivity index (χ2v) is 8.28. The summed E-state index contributed by atoms with van der Waals surface area (Å²) in [5.41, 5.74) is 3.44. The van der Waals surface area contributed by atoms with E-state index < -0.39 is 5.91 Å². The fourth-order valence-electron chi connectivity index (χ4n) is 3.81. The van der Waals surface area contributed by atoms with Crippen molar-refractivity contribution in [3.05, 3.63) is 83.2 Å². The molecule has 0 fully saturated rings. The van der Waals surface area contributed by atoms with Crippen LogP contribution in [0.25, 0.3) is 0 Å². The average Bonchev–Trinajstić information content (AvgIpc) is 3.17. The zero-order valence-electron chi connectivity index (χ0n) is 18.8. The Morgan fingerprint density at radius 1 is 1.06 bits per heavy atom. The van der Waals surface area contributed by atoms with Gasteiger partial charge >= 0.3 is 0 Å². The van der Waals surface area contributed by atoms with Gasteiger partial charge in [0.25, 0.3) is 11.8 Å². The zero-order chi connectivity index (χ0) is 23.4. The summed E-state index contributed by atoms with van der Waals surface area (Å²) in [6, 6.07) is 18.7. The number of aryl methyl sites for hydroxylation is 2. The van der Waals surface area contributed by atoms with Gasteiger partial charge in [-0.05, 0) is 31.0 Å². The van der Waals surface area contributed by atoms with Crippen molar-refractivity contribution in [1.29, 1.82) is 0 Å². The fourth-order valence-corrected chi connectivity index (χ4v) is 3.81. The molecule has 0 aliphatic carbocycles. The number of hydrogen-bond donors (Lipinski definition) is 1. The molecule has 1 aliphatic heterocycles. The molecule has 8 heteroatoms. The molecule has 2 heterocycles. The number of rotatable bonds is 6. The number of amides is 3. The predicted octanol–water partition coefficient (Wildman–Crippen LogP) is 2.95. The van der Waals surface area contributed by atoms with Crippen molar-refractivity contribution < 1.29 is 14.4 Å². The van der Waals surface area contributed by atoms with Gasteiger partial charge in [-0.1, -0.05) is 48.0 Å². The number of nitrogens with zero attached hydrogens (tertiary/aromatic N) is 4. The van der Waals surface area contributed by atoms with Crippen molar-refractivity contribution in [3.8, 4) is 0 Å². The Labute approximate surface area is 192 Å². The molecule has 0 saturated carbocycles. The molecule has 1 aliphatic rings. The first-order valence-corrected chi connectivity index (χ1v) is 10.9. The topological polar surface area (TPSA) is 87.5 Å². The second-order valence-electron chi connectivity index (χ2n) is 8.28. The molecular formula is C25H27N5O3. The van der Waals surface area contributed by atoms with Crippen LogP contribution in [0, 0.1) is 6.92 Å². The molecule has 4 rings (SSSR count). The van der Waals surface area contributed by atoms with E-state index in [9.17, 15) is 14.4 Å². The molecule has 0 radical (unpaired) electrons. The Bertz CT molecular complexity index is 1150. The summed E-state index contributed by atoms with van der Waals surface area (Å²) in [7, 11) is 1.54. The summed E-state index contributed by atoms with van der Waals surface area (Å²) < 4.78 is 1.60. The number of carbonyl (C=O) groups excluding carboxylic acids is 3. The number of nitrogens with one attached hydrogen (secondary N) is 1. The maximum atomic E-state index is 13.2. The van der Waals surface area contributed by atoms with E-state index in [0.29, 0.717) is 31.0 Å². The van der Waals surface area contributed by atoms with Crippen LogP contribution in [0.2, 0.25) is 0 Å². The second kappa shape index (κ2) is 9.68. The maximum absolute atomic E-state index is 13.2. The van der Waals surface area contributed by atoms with Gasteiger partial charge in [-0.2, -0.15) is 5.10 Å². The number of fused-ring (bicyclic) bond motifs is 1. The smallest absolute Gasteiger partial charge is 0.274 e. The Balaban J connectivity index is 1.43. The van der Waals surface area contributed by atoms with E-state index in [1.54, 1.807) is 28.8 Å². The molecule has 0 spiro atoms. The predicted molar refractivity (Wildman–Crippen MR) is 125 cm³/mol. The normalized spacial score (nSPS) is 13.3. The van der Waals surface area contributed by atoms with Crippen LogP contribution >= 0.6 is 0 Å². The Hall–Kier alpha value is -3.94. The Morgan fingerprint density at radius 3 is 2.52 bits per heavy atom. The maximum Gasteiger partial charge on any atom is 0.274 e. The summed E-state index contributed by atoms with van der Waals surface area (Å²) in [4.78, 5) is 41.4. The van der Waals surface area contributed by atoms with E-state index in [0.717, 1.165) is 12.0 Å². The summed E-state index contributed by atoms with van der Waals surface area (Å²) in [5.74, 6) is -0.862. The lowest BCUT2D eigenvalue weighted by molar-refractivity contribution is -0.116. The van der Waals surface area contributed by atoms with Crippen molar-refractivity contribution in [2.75, 3.05) is 25.5 Å². The standard InChI is InChI=1S/C25H27N5O3/c1-18-9-11-19(12-10-18)16-29-13-6-14-30-22(25(29)33)15-21(27-30)24(32)28(2)17-23(31)26-20-7-4-3-5-8-20/h3-5,7-12,15H,6,13-14,16-17H2,1-2H3,(H,26,31). The van der Waals surface area contributed by atoms with Gasteiger partial charge in [-0.25, -0.2) is 0 Å². The number of benzene rings is 2. The lowest BCUT2D eigenvalue weighted by Gasteiger charge is -2.20. The van der Waals surface area contributed by atoms with Gasteiger partial charge in [-0.15, -0.1) is 0 Å². The SMILES string of the molecule is Cc1ccc(CN2CCCn3nc(C(=O)N(C)CC(=O)Nc4ccccc4)cc3C2=O)cc1. The molecule has 3 aromatic rings. The highest BCUT2D eigenvalue weighted by Crippen LogP contribution is 2.18. The van der Waals surface area contributed by atoms with Crippen LogP contribution in [-0.2, 0) is 17.9 Å². The van der Waals surface area contributed by atoms with Gasteiger partial charge in [0.1, 0.15) is 5.69 Å². The number of likely N-dealkylation sites (N-methyl/N-ethyl adjacent to an activating group) is 1. The van der Waals surface area contributed by atoms with E-state index in [2.05, 4.69) is 10.4 Å². The highest BCUT2D eigenvalue weighted by molar-refractivity contribution is 6.00. The molecule has 33 heavy (non-hydrogen) atoms. The van der Waals surface area contributed by atoms with Crippen LogP contribution in [0.5, 0.6) is 0 Å². The molecule has 0 atom stereocenters. The van der Waals surface area contributed by atoms with Gasteiger partial charge in [0.15, 0.2) is 5.69 Å². The number of para-hydroxylation sites is 1. The van der Waals surface area contributed by atoms with Crippen molar-refractivity contribution in [1.82, 2.24) is 19.6 Å². The molecule has 2 aromatic carbocycles. The van der Waals surface area contributed by atoms with Crippen LogP contribution in [0.3, 0.4) is 0 Å². The minimum absolute atomic E-state index is 0.122. The largest absolute Gasteiger partial charge is 0.333 e. The molecule has 8 nitrogen and oxygen atoms in total. The Morgan fingerprint density at radius 2 is 1.79 bits per heavy atom. The molecule has 3 amide bonds. The minimum atomic E-state index is -0.406. The third-order valence-electron chi connectivity index (χ3n) is 5.58. The van der Waals surface area contributed by atoms with Gasteiger partial charge < -0.3 is 15.1 Å². The van der Waals surface area contributed by atoms with E-state index >= 15 is 0 Å². The molecule has 1 N–H and O–H groups in total. The monoisotopic (exact) mass is 445 g/mol. The lowest BCUT2D eigenvalue weighted by atomic mass is 10.1. The molecule has 0 bridgehead atoms. The molecule has 0 unspecified atom stereocenters. The Kier molecular flexibility index (Phi) is 6.53. The molecular weight excluding hydrogens is 418 g/mol. The van der Waals surface area contributed by atoms with Crippen molar-refractivity contribution >= 4 is 23.4 Å². The third kappa shape index (κ3) is 5.28. The van der Waals surface area contributed by atoms with Gasteiger partial charge in [-0.3, -0.25) is 19.1 Å². The summed E-state index contributed by atoms with van der Waals surface area (Å²) in [6.45, 7) is 3.59. The summed E-state index contributed by atoms with van der Waals surface area (Å²) >= 11 is 0. The first-order valence-electron chi connectivity index (χ1n) is 10.9. The quantitative estimate of drug-likeness (QED) is 0.632. The molecule has 1 aromatic heterocycles. The van der Waals surface area contributed by atoms with E-state index in [1.165, 1.54) is 16.5 Å². The first-order chi connectivity index (χ1) is 15.9. The molecule has 0 saturated heterocycles. The number of hydrogen-bond acceptors (Lipinski definition) is 4. The van der Waals surface area contributed by atoms with Gasteiger partial charge in [0.05, 0.1) is 6.54 Å². The van der Waals surface area contributed by atoms with Crippen molar-refractivity contribution in [3.63, 3.8) is 0 Å². The number of carbonyl (C=O) groups is 3. The van der Waals surface area contributed by atoms with Crippen molar-refractivity contribution in [2.24, 2.45) is 0 Å². The first kappa shape index (κ1) is 22.3. The summed E-state index contributed by atoms with van der Waals surface area (Å²) in [5, 5.41) is 7.13. The van der Waals surface area contributed by atoms with E-state index in [-0.39, 0.29) is 24.1 Å². The third-order valence-corrected chi connectivity index (χ3v) is 5.58. The van der Waals surface area contributed by atoms with Crippen LogP contribution in [-0.4, -0.2) is 57.4 Å². The summed E-state index contributed by atoms with van der Waals surface area (Å²) in [6.07, 6.45) is 0.745. The minimum Gasteiger partial charge on any atom is -0.333 e. The fraction of sp³-hybridized carbons (Fsp3) is 0.280. The van der Waals surface area contributed by atoms with Gasteiger partial charge in [0.2, 0.25) is 5.91 Å². The number of aromatic nitrogens is 2. The van der Waals surface area contributed by atoms with Crippen molar-refractivity contribution in [2.45, 2.75) is 26.4 Å². The van der Waals surface area contributed by atoms with Crippen LogP contribution in [0.4, 0.5) is 5.69 Å². The van der Waals surface area contributed by atoms with Crippen LogP contribution < -0.4 is 5.32 Å². The average molecular weight is 446 g/mol. The van der Waals surface area contributed by atoms with E-state index in [4.69, 9.17) is 0 Å². The van der Waals surface area contributed by atoms with Crippen LogP contribution in [0.15, 0.2) is 60.7 Å². The highest BCUT2D eigenvalue weighted by Gasteiger charge is 2.27. The van der Waals surface area contributed by atoms with E-state index in [1.807, 2.05) is 49.4 Å². The lowest BCUT2D eigenvalue weighted by Crippen LogP contribution is -2.35. The molecule has 170 valence electrons. The van der Waals surface area contributed by atoms with Crippen LogP contribution in [0.1, 0.15) is 38.5 Å². The highest BCUT2D eigenvalue weighted by atomic mass is 16.2. The number of anilines is 1. The van der Waals surface area contributed by atoms with Gasteiger partial charge in [0, 0.05) is 38.4 Å².